The molecule has 194 valence electrons. The summed E-state index contributed by atoms with van der Waals surface area (Å²) in [6, 6.07) is 27.5. The molecule has 0 aromatic heterocycles. The second kappa shape index (κ2) is 12.5. The summed E-state index contributed by atoms with van der Waals surface area (Å²) in [5, 5.41) is 5.96. The second-order valence-corrected chi connectivity index (χ2v) is 9.99. The summed E-state index contributed by atoms with van der Waals surface area (Å²) >= 11 is 7.57. The van der Waals surface area contributed by atoms with Crippen LogP contribution in [0.25, 0.3) is 0 Å². The number of carbonyl (C=O) groups is 2. The van der Waals surface area contributed by atoms with E-state index in [2.05, 4.69) is 10.6 Å². The lowest BCUT2D eigenvalue weighted by atomic mass is 10.1. The number of amides is 2. The Morgan fingerprint density at radius 3 is 2.11 bits per heavy atom. The summed E-state index contributed by atoms with van der Waals surface area (Å²) in [6.07, 6.45) is 0. The van der Waals surface area contributed by atoms with Gasteiger partial charge in [-0.2, -0.15) is 0 Å². The zero-order chi connectivity index (χ0) is 27.1. The number of ether oxygens (including phenoxy) is 2. The molecule has 4 rings (SSSR count). The van der Waals surface area contributed by atoms with Crippen LogP contribution >= 0.6 is 23.4 Å². The van der Waals surface area contributed by atoms with Crippen LogP contribution in [0, 0.1) is 6.92 Å². The molecule has 0 saturated heterocycles. The maximum absolute atomic E-state index is 13.4. The van der Waals surface area contributed by atoms with Crippen molar-refractivity contribution in [3.05, 3.63) is 113 Å². The number of rotatable bonds is 9. The van der Waals surface area contributed by atoms with E-state index in [4.69, 9.17) is 21.1 Å². The van der Waals surface area contributed by atoms with Crippen LogP contribution in [0.5, 0.6) is 11.5 Å². The largest absolute Gasteiger partial charge is 0.496 e. The molecule has 1 atom stereocenters. The third-order valence-corrected chi connectivity index (χ3v) is 7.32. The van der Waals surface area contributed by atoms with E-state index >= 15 is 0 Å². The van der Waals surface area contributed by atoms with Crippen molar-refractivity contribution in [1.82, 2.24) is 0 Å². The number of hydrogen-bond donors (Lipinski definition) is 2. The van der Waals surface area contributed by atoms with Gasteiger partial charge in [0.1, 0.15) is 22.3 Å². The first-order chi connectivity index (χ1) is 18.4. The summed E-state index contributed by atoms with van der Waals surface area (Å²) in [6.45, 7) is 1.92. The van der Waals surface area contributed by atoms with Gasteiger partial charge in [-0.05, 0) is 66.6 Å². The van der Waals surface area contributed by atoms with Crippen molar-refractivity contribution in [2.75, 3.05) is 24.9 Å². The summed E-state index contributed by atoms with van der Waals surface area (Å²) in [5.74, 6) is 0.326. The first kappa shape index (κ1) is 27.1. The lowest BCUT2D eigenvalue weighted by Gasteiger charge is -2.18. The maximum atomic E-state index is 13.4. The molecule has 6 nitrogen and oxygen atoms in total. The van der Waals surface area contributed by atoms with Crippen molar-refractivity contribution in [3.8, 4) is 11.5 Å². The number of carbonyl (C=O) groups excluding carboxylic acids is 2. The van der Waals surface area contributed by atoms with Gasteiger partial charge in [0.05, 0.1) is 14.2 Å². The number of thioether (sulfide) groups is 1. The van der Waals surface area contributed by atoms with Crippen LogP contribution in [0.1, 0.15) is 26.7 Å². The van der Waals surface area contributed by atoms with Gasteiger partial charge in [0.25, 0.3) is 5.91 Å². The van der Waals surface area contributed by atoms with Crippen molar-refractivity contribution in [2.24, 2.45) is 0 Å². The van der Waals surface area contributed by atoms with Gasteiger partial charge in [-0.3, -0.25) is 9.59 Å². The topological polar surface area (TPSA) is 76.7 Å². The van der Waals surface area contributed by atoms with Gasteiger partial charge >= 0.3 is 0 Å². The van der Waals surface area contributed by atoms with Crippen LogP contribution < -0.4 is 20.1 Å². The first-order valence-corrected chi connectivity index (χ1v) is 13.1. The van der Waals surface area contributed by atoms with E-state index in [-0.39, 0.29) is 11.8 Å². The van der Waals surface area contributed by atoms with E-state index in [1.165, 1.54) is 26.0 Å². The highest BCUT2D eigenvalue weighted by molar-refractivity contribution is 8.00. The van der Waals surface area contributed by atoms with Crippen LogP contribution in [0.4, 0.5) is 11.4 Å². The minimum atomic E-state index is -0.507. The summed E-state index contributed by atoms with van der Waals surface area (Å²) in [5.41, 5.74) is 3.38. The quantitative estimate of drug-likeness (QED) is 0.214. The first-order valence-electron chi connectivity index (χ1n) is 11.8. The van der Waals surface area contributed by atoms with Crippen molar-refractivity contribution >= 4 is 46.6 Å². The Labute approximate surface area is 231 Å². The molecule has 4 aromatic carbocycles. The van der Waals surface area contributed by atoms with E-state index in [1.807, 2.05) is 55.5 Å². The van der Waals surface area contributed by atoms with Crippen LogP contribution in [0.15, 0.2) is 95.9 Å². The molecular formula is C30H27ClN2O4S. The molecule has 0 radical (unpaired) electrons. The molecule has 0 saturated carbocycles. The molecular weight excluding hydrogens is 520 g/mol. The highest BCUT2D eigenvalue weighted by Gasteiger charge is 2.23. The van der Waals surface area contributed by atoms with Gasteiger partial charge in [-0.1, -0.05) is 54.1 Å². The van der Waals surface area contributed by atoms with E-state index in [0.717, 1.165) is 16.0 Å². The lowest BCUT2D eigenvalue weighted by Crippen LogP contribution is -2.19. The van der Waals surface area contributed by atoms with E-state index < -0.39 is 5.25 Å². The Hall–Kier alpha value is -3.94. The Balaban J connectivity index is 1.53. The van der Waals surface area contributed by atoms with Crippen molar-refractivity contribution in [1.29, 1.82) is 0 Å². The predicted octanol–water partition coefficient (Wildman–Crippen LogP) is 7.39. The van der Waals surface area contributed by atoms with Gasteiger partial charge in [0.15, 0.2) is 0 Å². The fourth-order valence-corrected chi connectivity index (χ4v) is 5.05. The van der Waals surface area contributed by atoms with Gasteiger partial charge < -0.3 is 20.1 Å². The average molecular weight is 547 g/mol. The fourth-order valence-electron chi connectivity index (χ4n) is 3.85. The lowest BCUT2D eigenvalue weighted by molar-refractivity contribution is -0.115. The number of halogens is 1. The Morgan fingerprint density at radius 1 is 0.816 bits per heavy atom. The highest BCUT2D eigenvalue weighted by atomic mass is 35.5. The van der Waals surface area contributed by atoms with Crippen LogP contribution in [-0.4, -0.2) is 26.0 Å². The fraction of sp³-hybridized carbons (Fsp3) is 0.133. The highest BCUT2D eigenvalue weighted by Crippen LogP contribution is 2.37. The minimum Gasteiger partial charge on any atom is -0.496 e. The average Bonchev–Trinajstić information content (AvgIpc) is 2.94. The number of benzene rings is 4. The molecule has 0 aliphatic rings. The molecule has 0 heterocycles. The molecule has 0 fully saturated rings. The molecule has 0 aliphatic heterocycles. The Bertz CT molecular complexity index is 1410. The second-order valence-electron chi connectivity index (χ2n) is 8.37. The van der Waals surface area contributed by atoms with Crippen LogP contribution in [0.3, 0.4) is 0 Å². The molecule has 4 aromatic rings. The third-order valence-electron chi connectivity index (χ3n) is 5.82. The van der Waals surface area contributed by atoms with Gasteiger partial charge in [-0.25, -0.2) is 0 Å². The normalized spacial score (nSPS) is 11.4. The standard InChI is InChI=1S/C30H27ClN2O4S/c1-19-12-13-21(31)18-24(19)33-30(35)28(20-8-5-4-6-9-20)38-23-16-14-22(15-17-23)32-29(34)27-25(36-2)10-7-11-26(27)37-3/h4-18,28H,1-3H3,(H,32,34)(H,33,35). The summed E-state index contributed by atoms with van der Waals surface area (Å²) in [7, 11) is 3.01. The van der Waals surface area contributed by atoms with Crippen molar-refractivity contribution in [2.45, 2.75) is 17.1 Å². The van der Waals surface area contributed by atoms with Gasteiger partial charge in [0.2, 0.25) is 5.91 Å². The number of aryl methyl sites for hydroxylation is 1. The van der Waals surface area contributed by atoms with Crippen molar-refractivity contribution < 1.29 is 19.1 Å². The molecule has 8 heteroatoms. The van der Waals surface area contributed by atoms with Gasteiger partial charge in [-0.15, -0.1) is 11.8 Å². The monoisotopic (exact) mass is 546 g/mol. The summed E-state index contributed by atoms with van der Waals surface area (Å²) in [4.78, 5) is 27.3. The molecule has 2 N–H and O–H groups in total. The summed E-state index contributed by atoms with van der Waals surface area (Å²) < 4.78 is 10.7. The predicted molar refractivity (Wildman–Crippen MR) is 154 cm³/mol. The number of hydrogen-bond acceptors (Lipinski definition) is 5. The van der Waals surface area contributed by atoms with Crippen molar-refractivity contribution in [3.63, 3.8) is 0 Å². The maximum Gasteiger partial charge on any atom is 0.263 e. The third kappa shape index (κ3) is 6.49. The van der Waals surface area contributed by atoms with Crippen LogP contribution in [0.2, 0.25) is 5.02 Å². The SMILES string of the molecule is COc1cccc(OC)c1C(=O)Nc1ccc(SC(C(=O)Nc2cc(Cl)ccc2C)c2ccccc2)cc1. The number of anilines is 2. The minimum absolute atomic E-state index is 0.160. The van der Waals surface area contributed by atoms with Gasteiger partial charge in [0, 0.05) is 21.3 Å². The molecule has 0 aliphatic carbocycles. The zero-order valence-corrected chi connectivity index (χ0v) is 22.7. The molecule has 2 amide bonds. The Kier molecular flexibility index (Phi) is 8.94. The van der Waals surface area contributed by atoms with E-state index in [0.29, 0.717) is 33.5 Å². The number of nitrogens with one attached hydrogen (secondary N) is 2. The zero-order valence-electron chi connectivity index (χ0n) is 21.2. The number of methoxy groups -OCH3 is 2. The van der Waals surface area contributed by atoms with E-state index in [1.54, 1.807) is 42.5 Å². The molecule has 0 spiro atoms. The molecule has 1 unspecified atom stereocenters. The molecule has 0 bridgehead atoms. The van der Waals surface area contributed by atoms with E-state index in [9.17, 15) is 9.59 Å². The Morgan fingerprint density at radius 2 is 1.47 bits per heavy atom. The molecule has 38 heavy (non-hydrogen) atoms. The smallest absolute Gasteiger partial charge is 0.263 e. The van der Waals surface area contributed by atoms with Crippen LogP contribution in [-0.2, 0) is 4.79 Å².